The molecule has 3 rings (SSSR count). The maximum absolute atomic E-state index is 13.1. The first-order valence-electron chi connectivity index (χ1n) is 6.44. The molecule has 1 aromatic carbocycles. The Labute approximate surface area is 106 Å². The highest BCUT2D eigenvalue weighted by Gasteiger charge is 2.41. The van der Waals surface area contributed by atoms with Crippen molar-refractivity contribution in [2.45, 2.75) is 12.8 Å². The predicted octanol–water partition coefficient (Wildman–Crippen LogP) is 1.65. The van der Waals surface area contributed by atoms with Crippen molar-refractivity contribution in [2.75, 3.05) is 26.2 Å². The summed E-state index contributed by atoms with van der Waals surface area (Å²) in [6.45, 7) is 3.63. The van der Waals surface area contributed by atoms with Crippen molar-refractivity contribution in [1.29, 1.82) is 0 Å². The zero-order valence-electron chi connectivity index (χ0n) is 10.3. The Kier molecular flexibility index (Phi) is 2.82. The lowest BCUT2D eigenvalue weighted by atomic mass is 9.86. The minimum Gasteiger partial charge on any atom is -0.338 e. The summed E-state index contributed by atoms with van der Waals surface area (Å²) >= 11 is 0. The third-order valence-corrected chi connectivity index (χ3v) is 4.13. The molecule has 2 saturated heterocycles. The highest BCUT2D eigenvalue weighted by molar-refractivity contribution is 5.94. The molecule has 3 nitrogen and oxygen atoms in total. The van der Waals surface area contributed by atoms with Crippen molar-refractivity contribution in [1.82, 2.24) is 10.2 Å². The maximum atomic E-state index is 13.1. The second-order valence-electron chi connectivity index (χ2n) is 5.41. The van der Waals surface area contributed by atoms with Gasteiger partial charge in [-0.3, -0.25) is 4.79 Å². The van der Waals surface area contributed by atoms with Crippen LogP contribution in [0.1, 0.15) is 23.2 Å². The Bertz CT molecular complexity index is 469. The topological polar surface area (TPSA) is 32.3 Å². The predicted molar refractivity (Wildman–Crippen MR) is 66.8 cm³/mol. The van der Waals surface area contributed by atoms with E-state index in [1.165, 1.54) is 12.1 Å². The van der Waals surface area contributed by atoms with Crippen LogP contribution in [0.2, 0.25) is 0 Å². The number of rotatable bonds is 1. The number of nitrogens with zero attached hydrogens (tertiary/aromatic N) is 1. The summed E-state index contributed by atoms with van der Waals surface area (Å²) in [5, 5.41) is 3.37. The van der Waals surface area contributed by atoms with E-state index in [0.29, 0.717) is 5.56 Å². The van der Waals surface area contributed by atoms with Crippen molar-refractivity contribution in [2.24, 2.45) is 5.41 Å². The van der Waals surface area contributed by atoms with Gasteiger partial charge in [-0.05, 0) is 37.6 Å². The van der Waals surface area contributed by atoms with E-state index in [0.717, 1.165) is 39.0 Å². The molecule has 1 spiro atoms. The molecule has 1 N–H and O–H groups in total. The van der Waals surface area contributed by atoms with Crippen LogP contribution in [0.5, 0.6) is 0 Å². The van der Waals surface area contributed by atoms with E-state index in [1.54, 1.807) is 12.1 Å². The Hall–Kier alpha value is -1.42. The van der Waals surface area contributed by atoms with Crippen LogP contribution < -0.4 is 5.32 Å². The minimum absolute atomic E-state index is 0.0433. The second-order valence-corrected chi connectivity index (χ2v) is 5.41. The van der Waals surface area contributed by atoms with E-state index in [1.807, 2.05) is 4.90 Å². The number of amides is 1. The first-order valence-corrected chi connectivity index (χ1v) is 6.44. The standard InChI is InChI=1S/C14H17FN2O/c15-12-3-1-2-11(8-12)13(18)17-7-5-14(10-17)4-6-16-9-14/h1-3,8,16H,4-7,9-10H2. The van der Waals surface area contributed by atoms with Crippen LogP contribution in [0.25, 0.3) is 0 Å². The molecule has 0 aliphatic carbocycles. The molecule has 1 aromatic rings. The van der Waals surface area contributed by atoms with Gasteiger partial charge in [-0.25, -0.2) is 4.39 Å². The molecule has 0 bridgehead atoms. The van der Waals surface area contributed by atoms with Crippen LogP contribution in [0.3, 0.4) is 0 Å². The van der Waals surface area contributed by atoms with Crippen molar-refractivity contribution < 1.29 is 9.18 Å². The van der Waals surface area contributed by atoms with Crippen molar-refractivity contribution >= 4 is 5.91 Å². The Morgan fingerprint density at radius 2 is 2.28 bits per heavy atom. The van der Waals surface area contributed by atoms with Crippen LogP contribution in [-0.4, -0.2) is 37.0 Å². The lowest BCUT2D eigenvalue weighted by Crippen LogP contribution is -2.33. The Morgan fingerprint density at radius 3 is 3.00 bits per heavy atom. The second kappa shape index (κ2) is 4.35. The average Bonchev–Trinajstić information content (AvgIpc) is 3.00. The molecule has 0 aromatic heterocycles. The normalized spacial score (nSPS) is 27.1. The lowest BCUT2D eigenvalue weighted by Gasteiger charge is -2.22. The van der Waals surface area contributed by atoms with E-state index in [4.69, 9.17) is 0 Å². The number of carbonyl (C=O) groups excluding carboxylic acids is 1. The molecule has 96 valence electrons. The summed E-state index contributed by atoms with van der Waals surface area (Å²) in [6.07, 6.45) is 2.20. The third-order valence-electron chi connectivity index (χ3n) is 4.13. The first-order chi connectivity index (χ1) is 8.69. The van der Waals surface area contributed by atoms with Gasteiger partial charge in [-0.15, -0.1) is 0 Å². The average molecular weight is 248 g/mol. The molecule has 4 heteroatoms. The smallest absolute Gasteiger partial charge is 0.253 e. The van der Waals surface area contributed by atoms with Gasteiger partial charge in [0, 0.05) is 30.6 Å². The van der Waals surface area contributed by atoms with Crippen LogP contribution >= 0.6 is 0 Å². The third kappa shape index (κ3) is 2.01. The molecule has 1 unspecified atom stereocenters. The summed E-state index contributed by atoms with van der Waals surface area (Å²) in [4.78, 5) is 14.1. The SMILES string of the molecule is O=C(c1cccc(F)c1)N1CCC2(CCNC2)C1. The zero-order valence-corrected chi connectivity index (χ0v) is 10.3. The molecule has 0 radical (unpaired) electrons. The summed E-state index contributed by atoms with van der Waals surface area (Å²) < 4.78 is 13.1. The fourth-order valence-corrected chi connectivity index (χ4v) is 3.06. The van der Waals surface area contributed by atoms with E-state index in [-0.39, 0.29) is 17.1 Å². The van der Waals surface area contributed by atoms with Gasteiger partial charge >= 0.3 is 0 Å². The highest BCUT2D eigenvalue weighted by atomic mass is 19.1. The van der Waals surface area contributed by atoms with E-state index in [2.05, 4.69) is 5.32 Å². The number of benzene rings is 1. The molecule has 2 aliphatic heterocycles. The number of halogens is 1. The quantitative estimate of drug-likeness (QED) is 0.819. The van der Waals surface area contributed by atoms with Gasteiger partial charge in [0.1, 0.15) is 5.82 Å². The maximum Gasteiger partial charge on any atom is 0.253 e. The van der Waals surface area contributed by atoms with Gasteiger partial charge < -0.3 is 10.2 Å². The number of hydrogen-bond acceptors (Lipinski definition) is 2. The summed E-state index contributed by atoms with van der Waals surface area (Å²) in [5.41, 5.74) is 0.723. The van der Waals surface area contributed by atoms with Gasteiger partial charge in [-0.2, -0.15) is 0 Å². The summed E-state index contributed by atoms with van der Waals surface area (Å²) in [7, 11) is 0. The number of nitrogens with one attached hydrogen (secondary N) is 1. The summed E-state index contributed by atoms with van der Waals surface area (Å²) in [5.74, 6) is -0.393. The molecule has 1 atom stereocenters. The fraction of sp³-hybridized carbons (Fsp3) is 0.500. The van der Waals surface area contributed by atoms with E-state index in [9.17, 15) is 9.18 Å². The molecule has 0 saturated carbocycles. The monoisotopic (exact) mass is 248 g/mol. The van der Waals surface area contributed by atoms with Gasteiger partial charge in [0.05, 0.1) is 0 Å². The van der Waals surface area contributed by atoms with Gasteiger partial charge in [0.25, 0.3) is 5.91 Å². The van der Waals surface area contributed by atoms with Crippen molar-refractivity contribution in [3.63, 3.8) is 0 Å². The Balaban J connectivity index is 1.74. The van der Waals surface area contributed by atoms with Crippen molar-refractivity contribution in [3.05, 3.63) is 35.6 Å². The van der Waals surface area contributed by atoms with Crippen molar-refractivity contribution in [3.8, 4) is 0 Å². The molecule has 2 aliphatic rings. The van der Waals surface area contributed by atoms with Gasteiger partial charge in [0.15, 0.2) is 0 Å². The van der Waals surface area contributed by atoms with Gasteiger partial charge in [0.2, 0.25) is 0 Å². The summed E-state index contributed by atoms with van der Waals surface area (Å²) in [6, 6.07) is 5.96. The first kappa shape index (κ1) is 11.7. The fourth-order valence-electron chi connectivity index (χ4n) is 3.06. The highest BCUT2D eigenvalue weighted by Crippen LogP contribution is 2.36. The molecule has 18 heavy (non-hydrogen) atoms. The molecule has 2 fully saturated rings. The largest absolute Gasteiger partial charge is 0.338 e. The molecular formula is C14H17FN2O. The van der Waals surface area contributed by atoms with E-state index < -0.39 is 0 Å². The van der Waals surface area contributed by atoms with Crippen LogP contribution in [0, 0.1) is 11.2 Å². The molecule has 1 amide bonds. The lowest BCUT2D eigenvalue weighted by molar-refractivity contribution is 0.0775. The number of carbonyl (C=O) groups is 1. The molecular weight excluding hydrogens is 231 g/mol. The Morgan fingerprint density at radius 1 is 1.39 bits per heavy atom. The molecule has 2 heterocycles. The zero-order chi connectivity index (χ0) is 12.6. The van der Waals surface area contributed by atoms with Gasteiger partial charge in [-0.1, -0.05) is 6.07 Å². The number of hydrogen-bond donors (Lipinski definition) is 1. The minimum atomic E-state index is -0.350. The van der Waals surface area contributed by atoms with Crippen LogP contribution in [-0.2, 0) is 0 Å². The van der Waals surface area contributed by atoms with Crippen LogP contribution in [0.4, 0.5) is 4.39 Å². The number of likely N-dealkylation sites (tertiary alicyclic amines) is 1. The van der Waals surface area contributed by atoms with E-state index >= 15 is 0 Å². The van der Waals surface area contributed by atoms with Crippen LogP contribution in [0.15, 0.2) is 24.3 Å².